The van der Waals surface area contributed by atoms with E-state index in [1.807, 2.05) is 17.9 Å². The van der Waals surface area contributed by atoms with Gasteiger partial charge in [-0.15, -0.1) is 0 Å². The number of nitrogens with one attached hydrogen (secondary N) is 3. The number of Topliss-reactive ketones (excluding diaryl/α,β-unsaturated/α-hetero) is 1. The van der Waals surface area contributed by atoms with E-state index >= 15 is 0 Å². The highest BCUT2D eigenvalue weighted by Crippen LogP contribution is 2.31. The molecule has 2 fully saturated rings. The van der Waals surface area contributed by atoms with Crippen LogP contribution in [0.4, 0.5) is 0 Å². The first-order valence-electron chi connectivity index (χ1n) is 15.0. The molecule has 0 aromatic heterocycles. The number of carbonyl (C=O) groups is 4. The van der Waals surface area contributed by atoms with Gasteiger partial charge in [-0.2, -0.15) is 0 Å². The van der Waals surface area contributed by atoms with E-state index in [2.05, 4.69) is 22.0 Å². The first-order valence-corrected chi connectivity index (χ1v) is 15.0. The van der Waals surface area contributed by atoms with Crippen LogP contribution in [-0.4, -0.2) is 116 Å². The van der Waals surface area contributed by atoms with Crippen molar-refractivity contribution in [2.24, 2.45) is 0 Å². The Hall–Kier alpha value is -3.52. The van der Waals surface area contributed by atoms with Gasteiger partial charge in [0.05, 0.1) is 52.7 Å². The van der Waals surface area contributed by atoms with Gasteiger partial charge in [0.25, 0.3) is 0 Å². The van der Waals surface area contributed by atoms with Crippen LogP contribution in [0, 0.1) is 6.92 Å². The van der Waals surface area contributed by atoms with Crippen LogP contribution < -0.4 is 20.7 Å². The Morgan fingerprint density at radius 1 is 1.09 bits per heavy atom. The van der Waals surface area contributed by atoms with Crippen LogP contribution >= 0.6 is 0 Å². The summed E-state index contributed by atoms with van der Waals surface area (Å²) in [7, 11) is 1.53. The van der Waals surface area contributed by atoms with Crippen molar-refractivity contribution >= 4 is 23.5 Å². The highest BCUT2D eigenvalue weighted by molar-refractivity contribution is 5.97. The largest absolute Gasteiger partial charge is 0.504 e. The molecule has 0 saturated carbocycles. The number of aromatic hydroxyl groups is 1. The molecule has 2 heterocycles. The van der Waals surface area contributed by atoms with Crippen LogP contribution in [0.1, 0.15) is 44.6 Å². The summed E-state index contributed by atoms with van der Waals surface area (Å²) in [5.74, 6) is -1.06. The Bertz CT molecular complexity index is 1180. The number of benzene rings is 1. The number of aliphatic hydroxyl groups is 1. The van der Waals surface area contributed by atoms with Crippen molar-refractivity contribution in [3.63, 3.8) is 0 Å². The van der Waals surface area contributed by atoms with Gasteiger partial charge in [-0.25, -0.2) is 0 Å². The molecule has 244 valence electrons. The van der Waals surface area contributed by atoms with Gasteiger partial charge in [0.2, 0.25) is 17.7 Å². The summed E-state index contributed by atoms with van der Waals surface area (Å²) in [6, 6.07) is 3.38. The molecular weight excluding hydrogens is 572 g/mol. The van der Waals surface area contributed by atoms with Gasteiger partial charge in [-0.1, -0.05) is 17.7 Å². The molecule has 1 aromatic rings. The van der Waals surface area contributed by atoms with E-state index in [-0.39, 0.29) is 24.6 Å². The lowest BCUT2D eigenvalue weighted by Crippen LogP contribution is -2.54. The maximum atomic E-state index is 12.9. The third kappa shape index (κ3) is 11.2. The lowest BCUT2D eigenvalue weighted by atomic mass is 9.90. The summed E-state index contributed by atoms with van der Waals surface area (Å²) in [4.78, 5) is 51.9. The number of phenolic OH excluding ortho intramolecular Hbond substituents is 1. The summed E-state index contributed by atoms with van der Waals surface area (Å²) >= 11 is 0. The van der Waals surface area contributed by atoms with Crippen molar-refractivity contribution in [2.75, 3.05) is 59.7 Å². The Kier molecular flexibility index (Phi) is 13.6. The molecule has 3 aliphatic rings. The normalized spacial score (nSPS) is 21.0. The van der Waals surface area contributed by atoms with Crippen molar-refractivity contribution < 1.29 is 43.6 Å². The standard InChI is InChI=1S/C23H36N4O7.C8H10O2/c1-23(15-34-23)21(31)17(11-16-5-3-2-4-6-16)25-19(29)12-24-22(32)18(14-28)26-20(30)13-27-7-9-33-10-8-27;1-6-3-4-8(10-2)7(9)5-6/h5,17-18,28H,2-4,6-15H2,1H3,(H,24,32)(H,25,29)(H,26,30);3-5,9H,1-2H3/t17-,18?,23?;/m0./s1. The number of amides is 3. The summed E-state index contributed by atoms with van der Waals surface area (Å²) in [6.07, 6.45) is 6.60. The third-order valence-electron chi connectivity index (χ3n) is 7.66. The highest BCUT2D eigenvalue weighted by Gasteiger charge is 2.50. The number of aliphatic hydroxyl groups excluding tert-OH is 1. The molecule has 5 N–H and O–H groups in total. The number of rotatable bonds is 13. The number of hydrogen-bond donors (Lipinski definition) is 5. The molecule has 2 unspecified atom stereocenters. The molecule has 0 bridgehead atoms. The average molecular weight is 619 g/mol. The van der Waals surface area contributed by atoms with Crippen molar-refractivity contribution in [3.8, 4) is 11.5 Å². The molecular formula is C31H46N4O9. The maximum Gasteiger partial charge on any atom is 0.245 e. The van der Waals surface area contributed by atoms with Crippen LogP contribution in [0.15, 0.2) is 29.8 Å². The van der Waals surface area contributed by atoms with Crippen LogP contribution in [0.5, 0.6) is 11.5 Å². The van der Waals surface area contributed by atoms with Crippen LogP contribution in [-0.2, 0) is 28.7 Å². The zero-order valence-corrected chi connectivity index (χ0v) is 25.9. The lowest BCUT2D eigenvalue weighted by molar-refractivity contribution is -0.133. The Morgan fingerprint density at radius 2 is 1.80 bits per heavy atom. The number of hydrogen-bond acceptors (Lipinski definition) is 10. The molecule has 13 nitrogen and oxygen atoms in total. The predicted molar refractivity (Wildman–Crippen MR) is 161 cm³/mol. The number of allylic oxidation sites excluding steroid dienone is 1. The number of ketones is 1. The lowest BCUT2D eigenvalue weighted by Gasteiger charge is -2.26. The van der Waals surface area contributed by atoms with Gasteiger partial charge >= 0.3 is 0 Å². The summed E-state index contributed by atoms with van der Waals surface area (Å²) in [5, 5.41) is 26.3. The molecule has 2 aliphatic heterocycles. The quantitative estimate of drug-likeness (QED) is 0.153. The number of ether oxygens (including phenoxy) is 3. The van der Waals surface area contributed by atoms with Crippen molar-refractivity contribution in [1.82, 2.24) is 20.9 Å². The number of epoxide rings is 1. The van der Waals surface area contributed by atoms with Crippen molar-refractivity contribution in [2.45, 2.75) is 63.6 Å². The van der Waals surface area contributed by atoms with Gasteiger partial charge in [0.15, 0.2) is 17.3 Å². The first kappa shape index (κ1) is 35.0. The number of carbonyl (C=O) groups excluding carboxylic acids is 4. The van der Waals surface area contributed by atoms with Crippen molar-refractivity contribution in [1.29, 1.82) is 0 Å². The first-order chi connectivity index (χ1) is 21.0. The van der Waals surface area contributed by atoms with E-state index in [4.69, 9.17) is 19.3 Å². The molecule has 1 aliphatic carbocycles. The van der Waals surface area contributed by atoms with Crippen molar-refractivity contribution in [3.05, 3.63) is 35.4 Å². The van der Waals surface area contributed by atoms with E-state index in [0.717, 1.165) is 36.8 Å². The zero-order valence-electron chi connectivity index (χ0n) is 25.9. The summed E-state index contributed by atoms with van der Waals surface area (Å²) in [5.41, 5.74) is 1.29. The van der Waals surface area contributed by atoms with Crippen LogP contribution in [0.3, 0.4) is 0 Å². The van der Waals surface area contributed by atoms with Gasteiger partial charge in [0, 0.05) is 13.1 Å². The number of morpholine rings is 1. The van der Waals surface area contributed by atoms with Crippen LogP contribution in [0.25, 0.3) is 0 Å². The Labute approximate surface area is 258 Å². The summed E-state index contributed by atoms with van der Waals surface area (Å²) in [6.45, 7) is 5.37. The van der Waals surface area contributed by atoms with E-state index in [1.54, 1.807) is 19.1 Å². The van der Waals surface area contributed by atoms with E-state index < -0.39 is 42.0 Å². The van der Waals surface area contributed by atoms with Gasteiger partial charge in [0.1, 0.15) is 11.6 Å². The highest BCUT2D eigenvalue weighted by atomic mass is 16.6. The molecule has 2 saturated heterocycles. The second kappa shape index (κ2) is 17.1. The Balaban J connectivity index is 0.000000448. The molecule has 4 rings (SSSR count). The zero-order chi connectivity index (χ0) is 32.1. The van der Waals surface area contributed by atoms with Crippen LogP contribution in [0.2, 0.25) is 0 Å². The number of methoxy groups -OCH3 is 1. The number of aryl methyl sites for hydroxylation is 1. The molecule has 3 amide bonds. The Morgan fingerprint density at radius 3 is 2.39 bits per heavy atom. The van der Waals surface area contributed by atoms with Gasteiger partial charge in [-0.3, -0.25) is 24.1 Å². The minimum atomic E-state index is -1.18. The molecule has 1 aromatic carbocycles. The fourth-order valence-electron chi connectivity index (χ4n) is 4.91. The fourth-order valence-corrected chi connectivity index (χ4v) is 4.91. The third-order valence-corrected chi connectivity index (χ3v) is 7.66. The maximum absolute atomic E-state index is 12.9. The minimum Gasteiger partial charge on any atom is -0.504 e. The number of phenols is 1. The van der Waals surface area contributed by atoms with E-state index in [0.29, 0.717) is 45.1 Å². The second-order valence-corrected chi connectivity index (χ2v) is 11.4. The minimum absolute atomic E-state index is 0.0914. The molecule has 44 heavy (non-hydrogen) atoms. The fraction of sp³-hybridized carbons (Fsp3) is 0.613. The van der Waals surface area contributed by atoms with E-state index in [1.165, 1.54) is 7.11 Å². The molecule has 3 atom stereocenters. The molecule has 0 radical (unpaired) electrons. The van der Waals surface area contributed by atoms with Gasteiger partial charge < -0.3 is 40.4 Å². The predicted octanol–water partition coefficient (Wildman–Crippen LogP) is 0.354. The van der Waals surface area contributed by atoms with E-state index in [9.17, 15) is 24.3 Å². The second-order valence-electron chi connectivity index (χ2n) is 11.4. The molecule has 13 heteroatoms. The average Bonchev–Trinajstić information content (AvgIpc) is 3.77. The van der Waals surface area contributed by atoms with Gasteiger partial charge in [-0.05, 0) is 63.6 Å². The monoisotopic (exact) mass is 618 g/mol. The topological polar surface area (TPSA) is 179 Å². The molecule has 0 spiro atoms. The SMILES string of the molecule is CC1(C(=O)[C@H](CC2=CCCCC2)NC(=O)CNC(=O)C(CO)NC(=O)CN2CCOCC2)CO1.COc1ccc(C)cc1O. The summed E-state index contributed by atoms with van der Waals surface area (Å²) < 4.78 is 15.4. The number of nitrogens with zero attached hydrogens (tertiary/aromatic N) is 1. The smallest absolute Gasteiger partial charge is 0.245 e.